The van der Waals surface area contributed by atoms with Gasteiger partial charge in [0.15, 0.2) is 0 Å². The van der Waals surface area contributed by atoms with Crippen LogP contribution in [0.2, 0.25) is 0 Å². The Hall–Kier alpha value is -1.88. The van der Waals surface area contributed by atoms with E-state index in [-0.39, 0.29) is 17.8 Å². The van der Waals surface area contributed by atoms with E-state index in [1.165, 1.54) is 0 Å². The van der Waals surface area contributed by atoms with E-state index in [0.29, 0.717) is 30.2 Å². The minimum Gasteiger partial charge on any atom is -0.462 e. The molecule has 0 saturated heterocycles. The number of hydrogen-bond acceptors (Lipinski definition) is 4. The number of hydrogen-bond donors (Lipinski definition) is 2. The average Bonchev–Trinajstić information content (AvgIpc) is 3.23. The van der Waals surface area contributed by atoms with Gasteiger partial charge in [-0.2, -0.15) is 0 Å². The summed E-state index contributed by atoms with van der Waals surface area (Å²) in [6.07, 6.45) is 3.16. The third kappa shape index (κ3) is 5.96. The predicted molar refractivity (Wildman–Crippen MR) is 92.8 cm³/mol. The summed E-state index contributed by atoms with van der Waals surface area (Å²) in [7, 11) is 0. The molecule has 0 spiro atoms. The van der Waals surface area contributed by atoms with Crippen molar-refractivity contribution in [3.63, 3.8) is 0 Å². The quantitative estimate of drug-likeness (QED) is 0.565. The van der Waals surface area contributed by atoms with E-state index in [1.54, 1.807) is 38.1 Å². The van der Waals surface area contributed by atoms with Crippen LogP contribution in [0.3, 0.4) is 0 Å². The lowest BCUT2D eigenvalue weighted by atomic mass is 10.0. The Balaban J connectivity index is 1.72. The second kappa shape index (κ2) is 7.79. The number of unbranched alkanes of at least 4 members (excludes halogenated alkanes) is 1. The number of benzene rings is 1. The number of ether oxygens (including phenoxy) is 1. The average molecular weight is 333 g/mol. The minimum absolute atomic E-state index is 0.0460. The first-order valence-electron chi connectivity index (χ1n) is 8.57. The third-order valence-electron chi connectivity index (χ3n) is 4.25. The Kier molecular flexibility index (Phi) is 5.99. The van der Waals surface area contributed by atoms with Crippen LogP contribution in [0.15, 0.2) is 24.3 Å². The van der Waals surface area contributed by atoms with Crippen molar-refractivity contribution in [2.75, 3.05) is 11.9 Å². The van der Waals surface area contributed by atoms with Crippen molar-refractivity contribution in [1.82, 2.24) is 0 Å². The van der Waals surface area contributed by atoms with Gasteiger partial charge in [0.05, 0.1) is 17.8 Å². The van der Waals surface area contributed by atoms with Gasteiger partial charge in [-0.1, -0.05) is 6.92 Å². The molecule has 1 aromatic carbocycles. The highest BCUT2D eigenvalue weighted by Crippen LogP contribution is 2.38. The van der Waals surface area contributed by atoms with Crippen LogP contribution in [0.1, 0.15) is 56.8 Å². The molecule has 0 aromatic heterocycles. The van der Waals surface area contributed by atoms with Crippen molar-refractivity contribution in [2.45, 2.75) is 52.1 Å². The molecule has 24 heavy (non-hydrogen) atoms. The Morgan fingerprint density at radius 3 is 2.42 bits per heavy atom. The van der Waals surface area contributed by atoms with Gasteiger partial charge in [0.1, 0.15) is 0 Å². The molecule has 5 nitrogen and oxygen atoms in total. The van der Waals surface area contributed by atoms with Crippen molar-refractivity contribution in [2.24, 2.45) is 11.8 Å². The zero-order chi connectivity index (χ0) is 17.7. The minimum atomic E-state index is -0.678. The molecule has 132 valence electrons. The van der Waals surface area contributed by atoms with Crippen LogP contribution < -0.4 is 5.32 Å². The standard InChI is InChI=1S/C19H27NO4/c1-13-12-16(13)17(21)20-15-8-6-14(7-9-15)18(22)24-11-5-4-10-19(2,3)23/h6-9,13,16,23H,4-5,10-12H2,1-3H3,(H,20,21)/t13-,16+/m0/s1. The summed E-state index contributed by atoms with van der Waals surface area (Å²) >= 11 is 0. The molecule has 1 fully saturated rings. The van der Waals surface area contributed by atoms with Crippen LogP contribution in [-0.2, 0) is 9.53 Å². The van der Waals surface area contributed by atoms with Gasteiger partial charge in [0, 0.05) is 11.6 Å². The zero-order valence-corrected chi connectivity index (χ0v) is 14.7. The van der Waals surface area contributed by atoms with E-state index in [9.17, 15) is 14.7 Å². The molecule has 0 unspecified atom stereocenters. The number of carbonyl (C=O) groups excluding carboxylic acids is 2. The Morgan fingerprint density at radius 1 is 1.25 bits per heavy atom. The van der Waals surface area contributed by atoms with E-state index in [1.807, 2.05) is 0 Å². The predicted octanol–water partition coefficient (Wildman–Crippen LogP) is 3.38. The summed E-state index contributed by atoms with van der Waals surface area (Å²) in [6, 6.07) is 6.75. The maximum absolute atomic E-state index is 11.9. The van der Waals surface area contributed by atoms with Crippen molar-refractivity contribution in [3.05, 3.63) is 29.8 Å². The number of carbonyl (C=O) groups is 2. The first-order valence-corrected chi connectivity index (χ1v) is 8.57. The van der Waals surface area contributed by atoms with Crippen LogP contribution in [0.25, 0.3) is 0 Å². The summed E-state index contributed by atoms with van der Waals surface area (Å²) in [4.78, 5) is 23.8. The molecule has 1 aromatic rings. The second-order valence-corrected chi connectivity index (χ2v) is 7.29. The van der Waals surface area contributed by atoms with Crippen LogP contribution >= 0.6 is 0 Å². The first-order chi connectivity index (χ1) is 11.3. The number of nitrogens with one attached hydrogen (secondary N) is 1. The largest absolute Gasteiger partial charge is 0.462 e. The molecule has 5 heteroatoms. The summed E-state index contributed by atoms with van der Waals surface area (Å²) in [5, 5.41) is 12.5. The molecular weight excluding hydrogens is 306 g/mol. The molecule has 1 amide bonds. The number of anilines is 1. The molecule has 1 aliphatic rings. The van der Waals surface area contributed by atoms with Gasteiger partial charge in [-0.05, 0) is 69.7 Å². The van der Waals surface area contributed by atoms with Crippen molar-refractivity contribution in [3.8, 4) is 0 Å². The van der Waals surface area contributed by atoms with E-state index >= 15 is 0 Å². The lowest BCUT2D eigenvalue weighted by molar-refractivity contribution is -0.117. The Bertz CT molecular complexity index is 574. The van der Waals surface area contributed by atoms with Crippen molar-refractivity contribution < 1.29 is 19.4 Å². The molecule has 0 aliphatic heterocycles. The van der Waals surface area contributed by atoms with E-state index in [0.717, 1.165) is 19.3 Å². The summed E-state index contributed by atoms with van der Waals surface area (Å²) < 4.78 is 5.22. The number of esters is 1. The van der Waals surface area contributed by atoms with Crippen LogP contribution in [0.4, 0.5) is 5.69 Å². The molecular formula is C19H27NO4. The summed E-state index contributed by atoms with van der Waals surface area (Å²) in [6.45, 7) is 5.93. The SMILES string of the molecule is C[C@H]1C[C@H]1C(=O)Nc1ccc(C(=O)OCCCCC(C)(C)O)cc1. The van der Waals surface area contributed by atoms with Crippen molar-refractivity contribution >= 4 is 17.6 Å². The normalized spacial score (nSPS) is 19.7. The lowest BCUT2D eigenvalue weighted by Crippen LogP contribution is -2.18. The smallest absolute Gasteiger partial charge is 0.338 e. The van der Waals surface area contributed by atoms with Gasteiger partial charge in [-0.15, -0.1) is 0 Å². The summed E-state index contributed by atoms with van der Waals surface area (Å²) in [5.74, 6) is 0.269. The van der Waals surface area contributed by atoms with Crippen LogP contribution in [0.5, 0.6) is 0 Å². The number of rotatable bonds is 8. The number of amides is 1. The zero-order valence-electron chi connectivity index (χ0n) is 14.7. The maximum atomic E-state index is 11.9. The van der Waals surface area contributed by atoms with Crippen molar-refractivity contribution in [1.29, 1.82) is 0 Å². The fourth-order valence-electron chi connectivity index (χ4n) is 2.52. The van der Waals surface area contributed by atoms with E-state index < -0.39 is 5.60 Å². The van der Waals surface area contributed by atoms with Crippen LogP contribution in [0, 0.1) is 11.8 Å². The Morgan fingerprint density at radius 2 is 1.88 bits per heavy atom. The van der Waals surface area contributed by atoms with E-state index in [4.69, 9.17) is 4.74 Å². The maximum Gasteiger partial charge on any atom is 0.338 e. The van der Waals surface area contributed by atoms with Gasteiger partial charge in [0.2, 0.25) is 5.91 Å². The topological polar surface area (TPSA) is 75.6 Å². The highest BCUT2D eigenvalue weighted by molar-refractivity contribution is 5.95. The van der Waals surface area contributed by atoms with E-state index in [2.05, 4.69) is 12.2 Å². The molecule has 0 bridgehead atoms. The monoisotopic (exact) mass is 333 g/mol. The van der Waals surface area contributed by atoms with Gasteiger partial charge < -0.3 is 15.2 Å². The molecule has 0 radical (unpaired) electrons. The first kappa shape index (κ1) is 18.5. The highest BCUT2D eigenvalue weighted by Gasteiger charge is 2.39. The van der Waals surface area contributed by atoms with Gasteiger partial charge in [-0.3, -0.25) is 4.79 Å². The fraction of sp³-hybridized carbons (Fsp3) is 0.579. The Labute approximate surface area is 143 Å². The molecule has 2 rings (SSSR count). The molecule has 2 N–H and O–H groups in total. The summed E-state index contributed by atoms with van der Waals surface area (Å²) in [5.41, 5.74) is 0.485. The molecule has 1 saturated carbocycles. The molecule has 2 atom stereocenters. The van der Waals surface area contributed by atoms with Gasteiger partial charge in [-0.25, -0.2) is 4.79 Å². The molecule has 1 aliphatic carbocycles. The fourth-order valence-corrected chi connectivity index (χ4v) is 2.52. The third-order valence-corrected chi connectivity index (χ3v) is 4.25. The van der Waals surface area contributed by atoms with Gasteiger partial charge >= 0.3 is 5.97 Å². The second-order valence-electron chi connectivity index (χ2n) is 7.29. The number of aliphatic hydroxyl groups is 1. The van der Waals surface area contributed by atoms with Gasteiger partial charge in [0.25, 0.3) is 0 Å². The highest BCUT2D eigenvalue weighted by atomic mass is 16.5. The van der Waals surface area contributed by atoms with Crippen LogP contribution in [-0.4, -0.2) is 29.2 Å². The lowest BCUT2D eigenvalue weighted by Gasteiger charge is -2.16. The molecule has 0 heterocycles.